The number of rotatable bonds is 5. The Labute approximate surface area is 127 Å². The van der Waals surface area contributed by atoms with E-state index in [9.17, 15) is 10.1 Å². The van der Waals surface area contributed by atoms with Gasteiger partial charge in [0.05, 0.1) is 31.8 Å². The summed E-state index contributed by atoms with van der Waals surface area (Å²) in [4.78, 5) is 14.9. The standard InChI is InChI=1S/C16H14N2O4/c1-21-14-4-3-10(6-15(14)22-2)13(7-17)11-5-12(16(19)20)9-18-8-11/h3-6,8-9,13H,1-2H3,(H,19,20). The number of pyridine rings is 1. The molecule has 1 atom stereocenters. The second kappa shape index (κ2) is 6.59. The number of nitrogens with zero attached hydrogens (tertiary/aromatic N) is 2. The van der Waals surface area contributed by atoms with Crippen LogP contribution in [0.2, 0.25) is 0 Å². The average molecular weight is 298 g/mol. The molecular weight excluding hydrogens is 284 g/mol. The monoisotopic (exact) mass is 298 g/mol. The van der Waals surface area contributed by atoms with Gasteiger partial charge in [-0.2, -0.15) is 5.26 Å². The Morgan fingerprint density at radius 2 is 1.91 bits per heavy atom. The minimum absolute atomic E-state index is 0.0400. The minimum atomic E-state index is -1.08. The van der Waals surface area contributed by atoms with Crippen molar-refractivity contribution < 1.29 is 19.4 Å². The van der Waals surface area contributed by atoms with Crippen LogP contribution >= 0.6 is 0 Å². The maximum atomic E-state index is 11.0. The van der Waals surface area contributed by atoms with Gasteiger partial charge in [0, 0.05) is 12.4 Å². The molecule has 0 bridgehead atoms. The first-order chi connectivity index (χ1) is 10.6. The number of nitriles is 1. The van der Waals surface area contributed by atoms with Crippen molar-refractivity contribution in [2.75, 3.05) is 14.2 Å². The summed E-state index contributed by atoms with van der Waals surface area (Å²) in [5, 5.41) is 18.5. The molecule has 0 spiro atoms. The van der Waals surface area contributed by atoms with E-state index in [-0.39, 0.29) is 5.56 Å². The van der Waals surface area contributed by atoms with Crippen LogP contribution in [0.5, 0.6) is 11.5 Å². The van der Waals surface area contributed by atoms with Crippen LogP contribution in [-0.2, 0) is 0 Å². The first kappa shape index (κ1) is 15.3. The van der Waals surface area contributed by atoms with Crippen molar-refractivity contribution in [1.29, 1.82) is 5.26 Å². The molecular formula is C16H14N2O4. The lowest BCUT2D eigenvalue weighted by Crippen LogP contribution is -2.04. The van der Waals surface area contributed by atoms with E-state index in [0.29, 0.717) is 22.6 Å². The summed E-state index contributed by atoms with van der Waals surface area (Å²) in [6.07, 6.45) is 2.73. The number of aromatic nitrogens is 1. The maximum Gasteiger partial charge on any atom is 0.337 e. The molecule has 0 amide bonds. The zero-order valence-corrected chi connectivity index (χ0v) is 12.1. The number of carbonyl (C=O) groups is 1. The number of aromatic carboxylic acids is 1. The van der Waals surface area contributed by atoms with Gasteiger partial charge in [-0.15, -0.1) is 0 Å². The molecule has 1 unspecified atom stereocenters. The summed E-state index contributed by atoms with van der Waals surface area (Å²) in [5.41, 5.74) is 1.22. The third kappa shape index (κ3) is 2.99. The van der Waals surface area contributed by atoms with E-state index in [1.54, 1.807) is 18.2 Å². The van der Waals surface area contributed by atoms with E-state index in [2.05, 4.69) is 11.1 Å². The highest BCUT2D eigenvalue weighted by atomic mass is 16.5. The number of hydrogen-bond donors (Lipinski definition) is 1. The van der Waals surface area contributed by atoms with Gasteiger partial charge >= 0.3 is 5.97 Å². The number of benzene rings is 1. The molecule has 0 saturated heterocycles. The fraction of sp³-hybridized carbons (Fsp3) is 0.188. The Balaban J connectivity index is 2.47. The lowest BCUT2D eigenvalue weighted by molar-refractivity contribution is 0.0696. The van der Waals surface area contributed by atoms with E-state index in [1.807, 2.05) is 0 Å². The van der Waals surface area contributed by atoms with Gasteiger partial charge in [-0.1, -0.05) is 6.07 Å². The fourth-order valence-corrected chi connectivity index (χ4v) is 2.11. The largest absolute Gasteiger partial charge is 0.493 e. The molecule has 6 nitrogen and oxygen atoms in total. The first-order valence-corrected chi connectivity index (χ1v) is 6.40. The second-order valence-corrected chi connectivity index (χ2v) is 4.49. The van der Waals surface area contributed by atoms with Crippen LogP contribution in [0.1, 0.15) is 27.4 Å². The summed E-state index contributed by atoms with van der Waals surface area (Å²) in [6, 6.07) is 8.74. The van der Waals surface area contributed by atoms with E-state index < -0.39 is 11.9 Å². The van der Waals surface area contributed by atoms with Gasteiger partial charge in [0.1, 0.15) is 0 Å². The summed E-state index contributed by atoms with van der Waals surface area (Å²) in [6.45, 7) is 0. The van der Waals surface area contributed by atoms with Crippen LogP contribution in [0.3, 0.4) is 0 Å². The molecule has 1 aromatic carbocycles. The molecule has 6 heteroatoms. The Kier molecular flexibility index (Phi) is 4.59. The summed E-state index contributed by atoms with van der Waals surface area (Å²) >= 11 is 0. The van der Waals surface area contributed by atoms with Crippen molar-refractivity contribution in [3.8, 4) is 17.6 Å². The Bertz CT molecular complexity index is 737. The molecule has 1 N–H and O–H groups in total. The highest BCUT2D eigenvalue weighted by molar-refractivity contribution is 5.87. The predicted molar refractivity (Wildman–Crippen MR) is 78.2 cm³/mol. The van der Waals surface area contributed by atoms with Crippen LogP contribution in [0.15, 0.2) is 36.7 Å². The van der Waals surface area contributed by atoms with Gasteiger partial charge < -0.3 is 14.6 Å². The lowest BCUT2D eigenvalue weighted by Gasteiger charge is -2.13. The van der Waals surface area contributed by atoms with Gasteiger partial charge in [0.2, 0.25) is 0 Å². The predicted octanol–water partition coefficient (Wildman–Crippen LogP) is 2.45. The van der Waals surface area contributed by atoms with Gasteiger partial charge in [-0.3, -0.25) is 4.98 Å². The second-order valence-electron chi connectivity index (χ2n) is 4.49. The van der Waals surface area contributed by atoms with Crippen LogP contribution in [0.4, 0.5) is 0 Å². The lowest BCUT2D eigenvalue weighted by atomic mass is 9.93. The normalized spacial score (nSPS) is 11.3. The molecule has 0 saturated carbocycles. The van der Waals surface area contributed by atoms with Gasteiger partial charge in [-0.25, -0.2) is 4.79 Å². The van der Waals surface area contributed by atoms with Gasteiger partial charge in [-0.05, 0) is 29.3 Å². The van der Waals surface area contributed by atoms with Crippen molar-refractivity contribution in [2.24, 2.45) is 0 Å². The van der Waals surface area contributed by atoms with Crippen LogP contribution in [-0.4, -0.2) is 30.3 Å². The molecule has 0 aliphatic carbocycles. The quantitative estimate of drug-likeness (QED) is 0.911. The molecule has 2 rings (SSSR count). The highest BCUT2D eigenvalue weighted by Crippen LogP contribution is 2.33. The van der Waals surface area contributed by atoms with E-state index >= 15 is 0 Å². The number of hydrogen-bond acceptors (Lipinski definition) is 5. The molecule has 22 heavy (non-hydrogen) atoms. The highest BCUT2D eigenvalue weighted by Gasteiger charge is 2.18. The average Bonchev–Trinajstić information content (AvgIpc) is 2.55. The van der Waals surface area contributed by atoms with Crippen LogP contribution in [0.25, 0.3) is 0 Å². The summed E-state index contributed by atoms with van der Waals surface area (Å²) in [5.74, 6) is -0.673. The minimum Gasteiger partial charge on any atom is -0.493 e. The Morgan fingerprint density at radius 3 is 2.50 bits per heavy atom. The Hall–Kier alpha value is -3.07. The zero-order chi connectivity index (χ0) is 16.1. The Morgan fingerprint density at radius 1 is 1.18 bits per heavy atom. The van der Waals surface area contributed by atoms with E-state index in [4.69, 9.17) is 14.6 Å². The maximum absolute atomic E-state index is 11.0. The third-order valence-corrected chi connectivity index (χ3v) is 3.21. The van der Waals surface area contributed by atoms with Gasteiger partial charge in [0.25, 0.3) is 0 Å². The molecule has 2 aromatic rings. The van der Waals surface area contributed by atoms with Crippen molar-refractivity contribution >= 4 is 5.97 Å². The zero-order valence-electron chi connectivity index (χ0n) is 12.1. The molecule has 0 fully saturated rings. The molecule has 0 aliphatic heterocycles. The SMILES string of the molecule is COc1ccc(C(C#N)c2cncc(C(=O)O)c2)cc1OC. The number of ether oxygens (including phenoxy) is 2. The first-order valence-electron chi connectivity index (χ1n) is 6.40. The number of carboxylic acid groups (broad SMARTS) is 1. The molecule has 112 valence electrons. The smallest absolute Gasteiger partial charge is 0.337 e. The fourth-order valence-electron chi connectivity index (χ4n) is 2.11. The summed E-state index contributed by atoms with van der Waals surface area (Å²) < 4.78 is 10.4. The molecule has 1 heterocycles. The number of methoxy groups -OCH3 is 2. The number of carboxylic acids is 1. The third-order valence-electron chi connectivity index (χ3n) is 3.21. The molecule has 0 aliphatic rings. The van der Waals surface area contributed by atoms with Crippen molar-refractivity contribution in [1.82, 2.24) is 4.98 Å². The van der Waals surface area contributed by atoms with Crippen molar-refractivity contribution in [3.05, 3.63) is 53.3 Å². The van der Waals surface area contributed by atoms with Gasteiger partial charge in [0.15, 0.2) is 11.5 Å². The summed E-state index contributed by atoms with van der Waals surface area (Å²) in [7, 11) is 3.04. The van der Waals surface area contributed by atoms with Crippen molar-refractivity contribution in [2.45, 2.75) is 5.92 Å². The van der Waals surface area contributed by atoms with Crippen molar-refractivity contribution in [3.63, 3.8) is 0 Å². The van der Waals surface area contributed by atoms with E-state index in [0.717, 1.165) is 0 Å². The topological polar surface area (TPSA) is 92.4 Å². The molecule has 1 aromatic heterocycles. The van der Waals surface area contributed by atoms with Crippen LogP contribution < -0.4 is 9.47 Å². The van der Waals surface area contributed by atoms with Crippen LogP contribution in [0, 0.1) is 11.3 Å². The molecule has 0 radical (unpaired) electrons. The van der Waals surface area contributed by atoms with E-state index in [1.165, 1.54) is 32.7 Å².